The third kappa shape index (κ3) is 4.73. The standard InChI is InChI=1S/C20H18BrNO3/c1-22(20(23)24-14-15-5-3-2-4-6-15)13-18-11-12-19(25-18)16-7-9-17(21)10-8-16/h2-12H,13-14H2,1H3. The molecule has 0 N–H and O–H groups in total. The van der Waals surface area contributed by atoms with E-state index in [1.165, 1.54) is 4.90 Å². The Hall–Kier alpha value is -2.53. The minimum atomic E-state index is -0.384. The molecule has 3 aromatic rings. The Morgan fingerprint density at radius 1 is 1.04 bits per heavy atom. The quantitative estimate of drug-likeness (QED) is 0.570. The molecule has 0 aliphatic carbocycles. The zero-order chi connectivity index (χ0) is 17.6. The molecule has 0 unspecified atom stereocenters. The number of rotatable bonds is 5. The van der Waals surface area contributed by atoms with Gasteiger partial charge in [0.2, 0.25) is 0 Å². The lowest BCUT2D eigenvalue weighted by Crippen LogP contribution is -2.26. The van der Waals surface area contributed by atoms with Crippen molar-refractivity contribution >= 4 is 22.0 Å². The molecule has 0 radical (unpaired) electrons. The van der Waals surface area contributed by atoms with Crippen molar-refractivity contribution < 1.29 is 13.9 Å². The van der Waals surface area contributed by atoms with Gasteiger partial charge in [-0.15, -0.1) is 0 Å². The van der Waals surface area contributed by atoms with Crippen molar-refractivity contribution in [3.8, 4) is 11.3 Å². The van der Waals surface area contributed by atoms with E-state index in [1.807, 2.05) is 66.7 Å². The summed E-state index contributed by atoms with van der Waals surface area (Å²) >= 11 is 3.41. The zero-order valence-electron chi connectivity index (χ0n) is 13.8. The molecule has 128 valence electrons. The fraction of sp³-hybridized carbons (Fsp3) is 0.150. The van der Waals surface area contributed by atoms with E-state index in [0.717, 1.165) is 21.4 Å². The minimum Gasteiger partial charge on any atom is -0.459 e. The van der Waals surface area contributed by atoms with Crippen LogP contribution in [0.2, 0.25) is 0 Å². The summed E-state index contributed by atoms with van der Waals surface area (Å²) in [6.07, 6.45) is -0.384. The number of carbonyl (C=O) groups is 1. The van der Waals surface area contributed by atoms with Gasteiger partial charge in [-0.3, -0.25) is 0 Å². The van der Waals surface area contributed by atoms with Gasteiger partial charge in [-0.1, -0.05) is 58.4 Å². The van der Waals surface area contributed by atoms with Crippen molar-refractivity contribution in [3.05, 3.63) is 82.5 Å². The normalized spacial score (nSPS) is 10.5. The monoisotopic (exact) mass is 399 g/mol. The first-order chi connectivity index (χ1) is 12.1. The number of carbonyl (C=O) groups excluding carboxylic acids is 1. The number of nitrogens with zero attached hydrogens (tertiary/aromatic N) is 1. The first-order valence-electron chi connectivity index (χ1n) is 7.88. The number of hydrogen-bond acceptors (Lipinski definition) is 3. The van der Waals surface area contributed by atoms with E-state index in [-0.39, 0.29) is 12.7 Å². The third-order valence-electron chi connectivity index (χ3n) is 3.70. The Labute approximate surface area is 155 Å². The fourth-order valence-electron chi connectivity index (χ4n) is 2.36. The molecule has 1 aromatic heterocycles. The maximum Gasteiger partial charge on any atom is 0.410 e. The predicted octanol–water partition coefficient (Wildman–Crippen LogP) is 5.48. The van der Waals surface area contributed by atoms with E-state index in [2.05, 4.69) is 15.9 Å². The molecular weight excluding hydrogens is 382 g/mol. The summed E-state index contributed by atoms with van der Waals surface area (Å²) in [7, 11) is 1.69. The lowest BCUT2D eigenvalue weighted by atomic mass is 10.2. The predicted molar refractivity (Wildman–Crippen MR) is 99.9 cm³/mol. The Morgan fingerprint density at radius 2 is 1.76 bits per heavy atom. The average Bonchev–Trinajstić information content (AvgIpc) is 3.09. The number of furan rings is 1. The van der Waals surface area contributed by atoms with Gasteiger partial charge in [-0.2, -0.15) is 0 Å². The van der Waals surface area contributed by atoms with Gasteiger partial charge in [0.15, 0.2) is 0 Å². The van der Waals surface area contributed by atoms with Crippen LogP contribution in [0.15, 0.2) is 75.6 Å². The van der Waals surface area contributed by atoms with E-state index in [1.54, 1.807) is 7.05 Å². The topological polar surface area (TPSA) is 42.7 Å². The number of amides is 1. The Morgan fingerprint density at radius 3 is 2.48 bits per heavy atom. The van der Waals surface area contributed by atoms with Crippen LogP contribution in [0.5, 0.6) is 0 Å². The molecule has 0 fully saturated rings. The molecule has 0 spiro atoms. The van der Waals surface area contributed by atoms with Crippen molar-refractivity contribution in [2.24, 2.45) is 0 Å². The second-order valence-corrected chi connectivity index (χ2v) is 6.58. The highest BCUT2D eigenvalue weighted by molar-refractivity contribution is 9.10. The Balaban J connectivity index is 1.56. The highest BCUT2D eigenvalue weighted by Gasteiger charge is 2.13. The average molecular weight is 400 g/mol. The van der Waals surface area contributed by atoms with Crippen LogP contribution in [-0.4, -0.2) is 18.0 Å². The summed E-state index contributed by atoms with van der Waals surface area (Å²) in [4.78, 5) is 13.6. The van der Waals surface area contributed by atoms with Crippen LogP contribution in [0.25, 0.3) is 11.3 Å². The maximum atomic E-state index is 12.1. The molecule has 0 aliphatic rings. The molecular formula is C20H18BrNO3. The first kappa shape index (κ1) is 17.3. The van der Waals surface area contributed by atoms with Crippen LogP contribution in [0.1, 0.15) is 11.3 Å². The van der Waals surface area contributed by atoms with Crippen LogP contribution < -0.4 is 0 Å². The van der Waals surface area contributed by atoms with E-state index in [4.69, 9.17) is 9.15 Å². The molecule has 0 bridgehead atoms. The molecule has 0 saturated carbocycles. The highest BCUT2D eigenvalue weighted by Crippen LogP contribution is 2.24. The van der Waals surface area contributed by atoms with Crippen molar-refractivity contribution in [2.75, 3.05) is 7.05 Å². The molecule has 5 heteroatoms. The summed E-state index contributed by atoms with van der Waals surface area (Å²) < 4.78 is 12.2. The summed E-state index contributed by atoms with van der Waals surface area (Å²) in [6.45, 7) is 0.608. The van der Waals surface area contributed by atoms with Gasteiger partial charge >= 0.3 is 6.09 Å². The highest BCUT2D eigenvalue weighted by atomic mass is 79.9. The molecule has 0 atom stereocenters. The smallest absolute Gasteiger partial charge is 0.410 e. The SMILES string of the molecule is CN(Cc1ccc(-c2ccc(Br)cc2)o1)C(=O)OCc1ccccc1. The van der Waals surface area contributed by atoms with Crippen LogP contribution in [0.3, 0.4) is 0 Å². The lowest BCUT2D eigenvalue weighted by molar-refractivity contribution is 0.100. The maximum absolute atomic E-state index is 12.1. The van der Waals surface area contributed by atoms with E-state index in [0.29, 0.717) is 12.3 Å². The summed E-state index contributed by atoms with van der Waals surface area (Å²) in [5, 5.41) is 0. The molecule has 1 heterocycles. The number of benzene rings is 2. The Bertz CT molecular complexity index is 828. The number of hydrogen-bond donors (Lipinski definition) is 0. The minimum absolute atomic E-state index is 0.256. The molecule has 4 nitrogen and oxygen atoms in total. The largest absolute Gasteiger partial charge is 0.459 e. The first-order valence-corrected chi connectivity index (χ1v) is 8.67. The molecule has 1 amide bonds. The van der Waals surface area contributed by atoms with Gasteiger partial charge in [-0.05, 0) is 29.8 Å². The van der Waals surface area contributed by atoms with Crippen molar-refractivity contribution in [1.82, 2.24) is 4.90 Å². The molecule has 25 heavy (non-hydrogen) atoms. The molecule has 2 aromatic carbocycles. The van der Waals surface area contributed by atoms with Crippen molar-refractivity contribution in [1.29, 1.82) is 0 Å². The molecule has 0 aliphatic heterocycles. The second kappa shape index (κ2) is 8.03. The van der Waals surface area contributed by atoms with E-state index >= 15 is 0 Å². The van der Waals surface area contributed by atoms with Crippen molar-refractivity contribution in [3.63, 3.8) is 0 Å². The number of ether oxygens (including phenoxy) is 1. The van der Waals surface area contributed by atoms with Gasteiger partial charge in [0.1, 0.15) is 18.1 Å². The van der Waals surface area contributed by atoms with Gasteiger partial charge in [-0.25, -0.2) is 4.79 Å². The zero-order valence-corrected chi connectivity index (χ0v) is 15.4. The molecule has 3 rings (SSSR count). The van der Waals surface area contributed by atoms with Gasteiger partial charge in [0, 0.05) is 17.1 Å². The van der Waals surface area contributed by atoms with Crippen LogP contribution in [0.4, 0.5) is 4.79 Å². The Kier molecular flexibility index (Phi) is 5.56. The van der Waals surface area contributed by atoms with Crippen molar-refractivity contribution in [2.45, 2.75) is 13.2 Å². The van der Waals surface area contributed by atoms with E-state index < -0.39 is 0 Å². The molecule has 0 saturated heterocycles. The lowest BCUT2D eigenvalue weighted by Gasteiger charge is -2.15. The second-order valence-electron chi connectivity index (χ2n) is 5.67. The van der Waals surface area contributed by atoms with Gasteiger partial charge in [0.25, 0.3) is 0 Å². The summed E-state index contributed by atoms with van der Waals surface area (Å²) in [5.74, 6) is 1.48. The summed E-state index contributed by atoms with van der Waals surface area (Å²) in [5.41, 5.74) is 1.95. The van der Waals surface area contributed by atoms with Crippen LogP contribution >= 0.6 is 15.9 Å². The van der Waals surface area contributed by atoms with Gasteiger partial charge < -0.3 is 14.1 Å². The fourth-order valence-corrected chi connectivity index (χ4v) is 2.62. The van der Waals surface area contributed by atoms with Crippen LogP contribution in [-0.2, 0) is 17.9 Å². The third-order valence-corrected chi connectivity index (χ3v) is 4.23. The summed E-state index contributed by atoms with van der Waals surface area (Å²) in [6, 6.07) is 21.3. The van der Waals surface area contributed by atoms with Crippen LogP contribution in [0, 0.1) is 0 Å². The number of halogens is 1. The van der Waals surface area contributed by atoms with Gasteiger partial charge in [0.05, 0.1) is 6.54 Å². The van der Waals surface area contributed by atoms with E-state index in [9.17, 15) is 4.79 Å².